The Morgan fingerprint density at radius 1 is 1.23 bits per heavy atom. The Bertz CT molecular complexity index is 902. The van der Waals surface area contributed by atoms with Crippen molar-refractivity contribution in [2.45, 2.75) is 19.8 Å². The van der Waals surface area contributed by atoms with Gasteiger partial charge in [-0.15, -0.1) is 0 Å². The molecule has 0 fully saturated rings. The Hall–Kier alpha value is -2.40. The summed E-state index contributed by atoms with van der Waals surface area (Å²) in [6, 6.07) is 7.91. The zero-order valence-corrected chi connectivity index (χ0v) is 12.9. The van der Waals surface area contributed by atoms with E-state index < -0.39 is 0 Å². The summed E-state index contributed by atoms with van der Waals surface area (Å²) in [6.07, 6.45) is 1.55. The molecule has 0 atom stereocenters. The number of hydrogen-bond donors (Lipinski definition) is 1. The molecule has 0 amide bonds. The summed E-state index contributed by atoms with van der Waals surface area (Å²) in [5.74, 6) is 0.711. The summed E-state index contributed by atoms with van der Waals surface area (Å²) in [4.78, 5) is 21.4. The van der Waals surface area contributed by atoms with Crippen LogP contribution >= 0.6 is 11.6 Å². The summed E-state index contributed by atoms with van der Waals surface area (Å²) in [5.41, 5.74) is 0.894. The number of aromatic hydroxyl groups is 1. The van der Waals surface area contributed by atoms with E-state index in [-0.39, 0.29) is 17.2 Å². The van der Waals surface area contributed by atoms with Crippen molar-refractivity contribution < 1.29 is 5.11 Å². The quantitative estimate of drug-likeness (QED) is 0.737. The van der Waals surface area contributed by atoms with Crippen molar-refractivity contribution in [3.63, 3.8) is 0 Å². The van der Waals surface area contributed by atoms with Crippen LogP contribution < -0.4 is 5.56 Å². The van der Waals surface area contributed by atoms with Gasteiger partial charge in [-0.25, -0.2) is 9.97 Å². The highest BCUT2D eigenvalue weighted by Crippen LogP contribution is 2.21. The number of phenolic OH excluding ortho intramolecular Hbond substituents is 1. The molecule has 0 unspecified atom stereocenters. The zero-order chi connectivity index (χ0) is 15.9. The number of hydrogen-bond acceptors (Lipinski definition) is 4. The van der Waals surface area contributed by atoms with E-state index in [9.17, 15) is 9.90 Å². The number of pyridine rings is 1. The van der Waals surface area contributed by atoms with Crippen LogP contribution in [0.1, 0.15) is 25.6 Å². The Labute approximate surface area is 131 Å². The summed E-state index contributed by atoms with van der Waals surface area (Å²) in [7, 11) is 0. The lowest BCUT2D eigenvalue weighted by Gasteiger charge is -2.15. The first-order valence-electron chi connectivity index (χ1n) is 6.85. The van der Waals surface area contributed by atoms with Crippen LogP contribution in [0.2, 0.25) is 5.15 Å². The zero-order valence-electron chi connectivity index (χ0n) is 12.1. The largest absolute Gasteiger partial charge is 0.508 e. The first-order valence-corrected chi connectivity index (χ1v) is 7.23. The molecular formula is C16H14ClN3O2. The van der Waals surface area contributed by atoms with Gasteiger partial charge in [0.05, 0.1) is 22.8 Å². The van der Waals surface area contributed by atoms with Gasteiger partial charge in [0.1, 0.15) is 16.7 Å². The normalized spacial score (nSPS) is 11.3. The van der Waals surface area contributed by atoms with E-state index in [1.807, 2.05) is 13.8 Å². The highest BCUT2D eigenvalue weighted by molar-refractivity contribution is 6.29. The standard InChI is InChI=1S/C16H14ClN3O2/c1-9(2)15-19-13-7-11(21)4-5-12(13)16(22)20(15)10-3-6-14(17)18-8-10/h3-9,21H,1-2H3. The van der Waals surface area contributed by atoms with Gasteiger partial charge in [0.25, 0.3) is 5.56 Å². The molecule has 22 heavy (non-hydrogen) atoms. The second kappa shape index (κ2) is 5.42. The molecule has 3 rings (SSSR count). The summed E-state index contributed by atoms with van der Waals surface area (Å²) in [6.45, 7) is 3.91. The molecule has 0 radical (unpaired) electrons. The lowest BCUT2D eigenvalue weighted by atomic mass is 10.1. The maximum atomic E-state index is 12.8. The van der Waals surface area contributed by atoms with Crippen LogP contribution in [0.4, 0.5) is 0 Å². The average molecular weight is 316 g/mol. The van der Waals surface area contributed by atoms with Crippen molar-refractivity contribution in [3.05, 3.63) is 57.9 Å². The van der Waals surface area contributed by atoms with Crippen molar-refractivity contribution in [1.29, 1.82) is 0 Å². The molecule has 3 aromatic rings. The van der Waals surface area contributed by atoms with Crippen LogP contribution in [-0.2, 0) is 0 Å². The van der Waals surface area contributed by atoms with Crippen molar-refractivity contribution in [2.75, 3.05) is 0 Å². The van der Waals surface area contributed by atoms with Crippen LogP contribution in [-0.4, -0.2) is 19.6 Å². The Balaban J connectivity index is 2.39. The SMILES string of the molecule is CC(C)c1nc2cc(O)ccc2c(=O)n1-c1ccc(Cl)nc1. The van der Waals surface area contributed by atoms with E-state index in [1.165, 1.54) is 16.7 Å². The Kier molecular flexibility index (Phi) is 3.58. The smallest absolute Gasteiger partial charge is 0.266 e. The third-order valence-electron chi connectivity index (χ3n) is 3.37. The molecular weight excluding hydrogens is 302 g/mol. The third kappa shape index (κ3) is 2.44. The summed E-state index contributed by atoms with van der Waals surface area (Å²) < 4.78 is 1.54. The first-order chi connectivity index (χ1) is 10.5. The Morgan fingerprint density at radius 2 is 2.00 bits per heavy atom. The topological polar surface area (TPSA) is 68.0 Å². The molecule has 0 aliphatic heterocycles. The highest BCUT2D eigenvalue weighted by Gasteiger charge is 2.15. The second-order valence-electron chi connectivity index (χ2n) is 5.31. The van der Waals surface area contributed by atoms with Crippen molar-refractivity contribution in [1.82, 2.24) is 14.5 Å². The summed E-state index contributed by atoms with van der Waals surface area (Å²) >= 11 is 5.81. The summed E-state index contributed by atoms with van der Waals surface area (Å²) in [5, 5.41) is 10.4. The molecule has 112 valence electrons. The molecule has 6 heteroatoms. The lowest BCUT2D eigenvalue weighted by Crippen LogP contribution is -2.24. The van der Waals surface area contributed by atoms with Gasteiger partial charge >= 0.3 is 0 Å². The number of fused-ring (bicyclic) bond motifs is 1. The molecule has 1 aromatic carbocycles. The van der Waals surface area contributed by atoms with Crippen LogP contribution in [0.25, 0.3) is 16.6 Å². The molecule has 0 aliphatic carbocycles. The van der Waals surface area contributed by atoms with E-state index in [2.05, 4.69) is 9.97 Å². The van der Waals surface area contributed by atoms with E-state index in [0.29, 0.717) is 27.6 Å². The van der Waals surface area contributed by atoms with Crippen LogP contribution in [0.15, 0.2) is 41.3 Å². The lowest BCUT2D eigenvalue weighted by molar-refractivity contribution is 0.476. The van der Waals surface area contributed by atoms with Crippen molar-refractivity contribution >= 4 is 22.5 Å². The van der Waals surface area contributed by atoms with Gasteiger partial charge in [0, 0.05) is 12.0 Å². The molecule has 5 nitrogen and oxygen atoms in total. The van der Waals surface area contributed by atoms with Crippen LogP contribution in [0.3, 0.4) is 0 Å². The fourth-order valence-electron chi connectivity index (χ4n) is 2.33. The molecule has 2 heterocycles. The number of aromatic nitrogens is 3. The molecule has 0 aliphatic rings. The average Bonchev–Trinajstić information content (AvgIpc) is 2.48. The maximum Gasteiger partial charge on any atom is 0.266 e. The first kappa shape index (κ1) is 14.5. The van der Waals surface area contributed by atoms with E-state index >= 15 is 0 Å². The van der Waals surface area contributed by atoms with Crippen molar-refractivity contribution in [2.24, 2.45) is 0 Å². The monoisotopic (exact) mass is 315 g/mol. The number of phenols is 1. The van der Waals surface area contributed by atoms with Crippen molar-refractivity contribution in [3.8, 4) is 11.4 Å². The minimum Gasteiger partial charge on any atom is -0.508 e. The number of nitrogens with zero attached hydrogens (tertiary/aromatic N) is 3. The van der Waals surface area contributed by atoms with Gasteiger partial charge < -0.3 is 5.11 Å². The number of halogens is 1. The number of rotatable bonds is 2. The minimum atomic E-state index is -0.196. The molecule has 0 saturated heterocycles. The fraction of sp³-hybridized carbons (Fsp3) is 0.188. The molecule has 0 spiro atoms. The van der Waals surface area contributed by atoms with Gasteiger partial charge in [-0.05, 0) is 24.3 Å². The molecule has 2 aromatic heterocycles. The van der Waals surface area contributed by atoms with E-state index in [4.69, 9.17) is 11.6 Å². The Morgan fingerprint density at radius 3 is 2.64 bits per heavy atom. The predicted molar refractivity (Wildman–Crippen MR) is 85.9 cm³/mol. The van der Waals surface area contributed by atoms with Gasteiger partial charge in [-0.3, -0.25) is 9.36 Å². The predicted octanol–water partition coefficient (Wildman–Crippen LogP) is 3.26. The van der Waals surface area contributed by atoms with Gasteiger partial charge in [-0.2, -0.15) is 0 Å². The molecule has 0 saturated carbocycles. The minimum absolute atomic E-state index is 0.0233. The second-order valence-corrected chi connectivity index (χ2v) is 5.69. The van der Waals surface area contributed by atoms with Gasteiger partial charge in [-0.1, -0.05) is 25.4 Å². The van der Waals surface area contributed by atoms with Crippen LogP contribution in [0.5, 0.6) is 5.75 Å². The number of benzene rings is 1. The maximum absolute atomic E-state index is 12.8. The third-order valence-corrected chi connectivity index (χ3v) is 3.59. The van der Waals surface area contributed by atoms with Crippen LogP contribution in [0, 0.1) is 0 Å². The fourth-order valence-corrected chi connectivity index (χ4v) is 2.44. The van der Waals surface area contributed by atoms with Gasteiger partial charge in [0.2, 0.25) is 0 Å². The van der Waals surface area contributed by atoms with E-state index in [1.54, 1.807) is 24.4 Å². The molecule has 0 bridgehead atoms. The van der Waals surface area contributed by atoms with Gasteiger partial charge in [0.15, 0.2) is 0 Å². The highest BCUT2D eigenvalue weighted by atomic mass is 35.5. The van der Waals surface area contributed by atoms with E-state index in [0.717, 1.165) is 0 Å². The molecule has 1 N–H and O–H groups in total.